The summed E-state index contributed by atoms with van der Waals surface area (Å²) in [5, 5.41) is 0. The third-order valence-corrected chi connectivity index (χ3v) is 5.88. The standard InChI is InChI=1S/C18H16O3S2/c1-12-8-9-15(17(22)10-12)16-11-18(13(2)21-16)23(19,20)14-6-4-3-5-7-14/h3-11,22H,1-2H3. The zero-order valence-electron chi connectivity index (χ0n) is 12.8. The first kappa shape index (κ1) is 15.9. The van der Waals surface area contributed by atoms with Gasteiger partial charge in [-0.25, -0.2) is 8.42 Å². The van der Waals surface area contributed by atoms with E-state index in [2.05, 4.69) is 12.6 Å². The van der Waals surface area contributed by atoms with Gasteiger partial charge in [0.15, 0.2) is 0 Å². The van der Waals surface area contributed by atoms with Crippen molar-refractivity contribution in [3.05, 3.63) is 65.9 Å². The fourth-order valence-corrected chi connectivity index (χ4v) is 4.28. The molecular weight excluding hydrogens is 328 g/mol. The van der Waals surface area contributed by atoms with Gasteiger partial charge in [0.05, 0.1) is 4.90 Å². The molecule has 0 saturated carbocycles. The average molecular weight is 344 g/mol. The molecule has 0 fully saturated rings. The molecule has 0 aliphatic heterocycles. The van der Waals surface area contributed by atoms with E-state index in [1.54, 1.807) is 43.3 Å². The quantitative estimate of drug-likeness (QED) is 0.702. The van der Waals surface area contributed by atoms with Gasteiger partial charge in [-0.05, 0) is 43.7 Å². The van der Waals surface area contributed by atoms with Gasteiger partial charge < -0.3 is 4.42 Å². The molecule has 0 unspecified atom stereocenters. The Morgan fingerprint density at radius 1 is 0.957 bits per heavy atom. The van der Waals surface area contributed by atoms with Crippen molar-refractivity contribution >= 4 is 22.5 Å². The van der Waals surface area contributed by atoms with E-state index in [9.17, 15) is 8.42 Å². The van der Waals surface area contributed by atoms with Crippen molar-refractivity contribution in [2.45, 2.75) is 28.5 Å². The van der Waals surface area contributed by atoms with Crippen molar-refractivity contribution in [2.24, 2.45) is 0 Å². The van der Waals surface area contributed by atoms with Gasteiger partial charge in [-0.15, -0.1) is 12.6 Å². The maximum absolute atomic E-state index is 12.8. The second-order valence-electron chi connectivity index (χ2n) is 5.37. The number of rotatable bonds is 3. The summed E-state index contributed by atoms with van der Waals surface area (Å²) in [6, 6.07) is 15.7. The van der Waals surface area contributed by atoms with Gasteiger partial charge in [-0.2, -0.15) is 0 Å². The molecule has 23 heavy (non-hydrogen) atoms. The average Bonchev–Trinajstić information content (AvgIpc) is 2.90. The highest BCUT2D eigenvalue weighted by Crippen LogP contribution is 2.34. The van der Waals surface area contributed by atoms with E-state index >= 15 is 0 Å². The highest BCUT2D eigenvalue weighted by atomic mass is 32.2. The molecule has 1 aromatic heterocycles. The number of hydrogen-bond donors (Lipinski definition) is 1. The van der Waals surface area contributed by atoms with E-state index < -0.39 is 9.84 Å². The topological polar surface area (TPSA) is 47.3 Å². The summed E-state index contributed by atoms with van der Waals surface area (Å²) in [5.74, 6) is 0.874. The van der Waals surface area contributed by atoms with Crippen LogP contribution in [0, 0.1) is 13.8 Å². The number of hydrogen-bond acceptors (Lipinski definition) is 4. The fourth-order valence-electron chi connectivity index (χ4n) is 2.44. The smallest absolute Gasteiger partial charge is 0.210 e. The third-order valence-electron chi connectivity index (χ3n) is 3.63. The lowest BCUT2D eigenvalue weighted by Crippen LogP contribution is -2.01. The van der Waals surface area contributed by atoms with Crippen molar-refractivity contribution in [3.8, 4) is 11.3 Å². The van der Waals surface area contributed by atoms with E-state index in [1.807, 2.05) is 25.1 Å². The summed E-state index contributed by atoms with van der Waals surface area (Å²) in [4.78, 5) is 1.19. The van der Waals surface area contributed by atoms with Crippen LogP contribution in [0.3, 0.4) is 0 Å². The Bertz CT molecular complexity index is 955. The Kier molecular flexibility index (Phi) is 4.08. The number of furan rings is 1. The van der Waals surface area contributed by atoms with Crippen LogP contribution in [0.4, 0.5) is 0 Å². The summed E-state index contributed by atoms with van der Waals surface area (Å²) in [6.07, 6.45) is 0. The Labute approximate surface area is 141 Å². The molecule has 118 valence electrons. The van der Waals surface area contributed by atoms with Crippen molar-refractivity contribution in [1.29, 1.82) is 0 Å². The Morgan fingerprint density at radius 2 is 1.65 bits per heavy atom. The number of benzene rings is 2. The monoisotopic (exact) mass is 344 g/mol. The first-order valence-corrected chi connectivity index (χ1v) is 9.03. The van der Waals surface area contributed by atoms with Crippen LogP contribution in [-0.2, 0) is 9.84 Å². The molecular formula is C18H16O3S2. The van der Waals surface area contributed by atoms with Gasteiger partial charge in [-0.1, -0.05) is 24.3 Å². The van der Waals surface area contributed by atoms with Gasteiger partial charge >= 0.3 is 0 Å². The summed E-state index contributed by atoms with van der Waals surface area (Å²) in [6.45, 7) is 3.63. The predicted molar refractivity (Wildman–Crippen MR) is 92.8 cm³/mol. The fraction of sp³-hybridized carbons (Fsp3) is 0.111. The molecule has 3 nitrogen and oxygen atoms in total. The van der Waals surface area contributed by atoms with Gasteiger partial charge in [0, 0.05) is 16.5 Å². The minimum atomic E-state index is -3.60. The lowest BCUT2D eigenvalue weighted by atomic mass is 10.1. The highest BCUT2D eigenvalue weighted by Gasteiger charge is 2.24. The molecule has 0 aliphatic carbocycles. The van der Waals surface area contributed by atoms with Crippen molar-refractivity contribution in [1.82, 2.24) is 0 Å². The van der Waals surface area contributed by atoms with Crippen LogP contribution in [0.15, 0.2) is 73.7 Å². The lowest BCUT2D eigenvalue weighted by molar-refractivity contribution is 0.534. The molecule has 5 heteroatoms. The second-order valence-corrected chi connectivity index (χ2v) is 7.77. The van der Waals surface area contributed by atoms with E-state index in [0.29, 0.717) is 11.5 Å². The Hall–Kier alpha value is -1.98. The largest absolute Gasteiger partial charge is 0.460 e. The highest BCUT2D eigenvalue weighted by molar-refractivity contribution is 7.91. The molecule has 1 heterocycles. The van der Waals surface area contributed by atoms with Crippen LogP contribution >= 0.6 is 12.6 Å². The minimum absolute atomic E-state index is 0.187. The minimum Gasteiger partial charge on any atom is -0.460 e. The van der Waals surface area contributed by atoms with E-state index in [4.69, 9.17) is 4.42 Å². The van der Waals surface area contributed by atoms with Crippen LogP contribution in [0.2, 0.25) is 0 Å². The summed E-state index contributed by atoms with van der Waals surface area (Å²) >= 11 is 4.46. The van der Waals surface area contributed by atoms with Crippen molar-refractivity contribution in [3.63, 3.8) is 0 Å². The molecule has 0 bridgehead atoms. The first-order valence-electron chi connectivity index (χ1n) is 7.10. The molecule has 0 saturated heterocycles. The predicted octanol–water partition coefficient (Wildman–Crippen LogP) is 4.68. The molecule has 0 aliphatic rings. The summed E-state index contributed by atoms with van der Waals surface area (Å²) < 4.78 is 31.2. The summed E-state index contributed by atoms with van der Waals surface area (Å²) in [5.41, 5.74) is 1.86. The van der Waals surface area contributed by atoms with Gasteiger partial charge in [0.1, 0.15) is 16.4 Å². The summed E-state index contributed by atoms with van der Waals surface area (Å²) in [7, 11) is -3.60. The van der Waals surface area contributed by atoms with Crippen LogP contribution in [0.25, 0.3) is 11.3 Å². The number of aryl methyl sites for hydroxylation is 2. The van der Waals surface area contributed by atoms with E-state index in [1.165, 1.54) is 0 Å². The van der Waals surface area contributed by atoms with Crippen molar-refractivity contribution < 1.29 is 12.8 Å². The SMILES string of the molecule is Cc1ccc(-c2cc(S(=O)(=O)c3ccccc3)c(C)o2)c(S)c1. The van der Waals surface area contributed by atoms with Gasteiger partial charge in [-0.3, -0.25) is 0 Å². The molecule has 0 spiro atoms. The normalized spacial score (nSPS) is 11.6. The Morgan fingerprint density at radius 3 is 2.30 bits per heavy atom. The number of sulfone groups is 1. The van der Waals surface area contributed by atoms with E-state index in [0.717, 1.165) is 16.0 Å². The Balaban J connectivity index is 2.12. The van der Waals surface area contributed by atoms with Crippen molar-refractivity contribution in [2.75, 3.05) is 0 Å². The number of thiol groups is 1. The zero-order valence-corrected chi connectivity index (χ0v) is 14.5. The molecule has 2 aromatic carbocycles. The maximum Gasteiger partial charge on any atom is 0.210 e. The second kappa shape index (κ2) is 5.91. The maximum atomic E-state index is 12.8. The van der Waals surface area contributed by atoms with Crippen LogP contribution in [-0.4, -0.2) is 8.42 Å². The van der Waals surface area contributed by atoms with Gasteiger partial charge in [0.25, 0.3) is 0 Å². The van der Waals surface area contributed by atoms with Crippen LogP contribution < -0.4 is 0 Å². The van der Waals surface area contributed by atoms with Crippen LogP contribution in [0.5, 0.6) is 0 Å². The third kappa shape index (κ3) is 2.94. The van der Waals surface area contributed by atoms with Crippen LogP contribution in [0.1, 0.15) is 11.3 Å². The molecule has 0 atom stereocenters. The molecule has 0 radical (unpaired) electrons. The molecule has 3 rings (SSSR count). The zero-order chi connectivity index (χ0) is 16.6. The molecule has 0 amide bonds. The van der Waals surface area contributed by atoms with Gasteiger partial charge in [0.2, 0.25) is 9.84 Å². The lowest BCUT2D eigenvalue weighted by Gasteiger charge is -2.02. The molecule has 0 N–H and O–H groups in total. The first-order chi connectivity index (χ1) is 10.9. The molecule has 3 aromatic rings. The van der Waals surface area contributed by atoms with E-state index in [-0.39, 0.29) is 9.79 Å².